The molecule has 0 heterocycles. The topological polar surface area (TPSA) is 61.8 Å². The van der Waals surface area contributed by atoms with Crippen molar-refractivity contribution in [3.8, 4) is 0 Å². The highest BCUT2D eigenvalue weighted by molar-refractivity contribution is 5.70. The van der Waals surface area contributed by atoms with Gasteiger partial charge in [0.2, 0.25) is 0 Å². The van der Waals surface area contributed by atoms with Gasteiger partial charge in [-0.1, -0.05) is 206 Å². The van der Waals surface area contributed by atoms with Crippen LogP contribution in [0.5, 0.6) is 0 Å². The Morgan fingerprint density at radius 2 is 0.734 bits per heavy atom. The van der Waals surface area contributed by atoms with Crippen LogP contribution in [0.1, 0.15) is 213 Å². The molecule has 0 spiro atoms. The van der Waals surface area contributed by atoms with E-state index in [4.69, 9.17) is 14.2 Å². The minimum Gasteiger partial charge on any atom is -0.462 e. The smallest absolute Gasteiger partial charge is 0.306 e. The molecule has 0 saturated heterocycles. The second-order valence-electron chi connectivity index (χ2n) is 16.7. The number of carbonyl (C=O) groups excluding carboxylic acids is 2. The van der Waals surface area contributed by atoms with Gasteiger partial charge in [0.25, 0.3) is 0 Å². The first-order valence-corrected chi connectivity index (χ1v) is 26.1. The summed E-state index contributed by atoms with van der Waals surface area (Å²) < 4.78 is 17.3. The second-order valence-corrected chi connectivity index (χ2v) is 16.7. The summed E-state index contributed by atoms with van der Waals surface area (Å²) in [5.41, 5.74) is 0. The Morgan fingerprint density at radius 3 is 1.19 bits per heavy atom. The van der Waals surface area contributed by atoms with Crippen molar-refractivity contribution in [2.75, 3.05) is 19.8 Å². The summed E-state index contributed by atoms with van der Waals surface area (Å²) in [6, 6.07) is 0. The van der Waals surface area contributed by atoms with Crippen LogP contribution >= 0.6 is 0 Å². The Labute approximate surface area is 395 Å². The van der Waals surface area contributed by atoms with Gasteiger partial charge in [0.1, 0.15) is 6.61 Å². The van der Waals surface area contributed by atoms with Gasteiger partial charge in [0, 0.05) is 19.4 Å². The van der Waals surface area contributed by atoms with Crippen LogP contribution in [0.2, 0.25) is 0 Å². The first-order chi connectivity index (χ1) is 31.6. The van der Waals surface area contributed by atoms with Crippen LogP contribution in [0, 0.1) is 0 Å². The summed E-state index contributed by atoms with van der Waals surface area (Å²) in [5.74, 6) is -0.518. The van der Waals surface area contributed by atoms with Gasteiger partial charge in [-0.05, 0) is 116 Å². The third-order valence-corrected chi connectivity index (χ3v) is 10.5. The molecule has 0 aliphatic carbocycles. The van der Waals surface area contributed by atoms with Crippen LogP contribution in [0.15, 0.2) is 122 Å². The molecular weight excluding hydrogens is 789 g/mol. The molecule has 0 aromatic rings. The number of hydrogen-bond donors (Lipinski definition) is 0. The van der Waals surface area contributed by atoms with E-state index in [1.807, 2.05) is 6.08 Å². The highest BCUT2D eigenvalue weighted by atomic mass is 16.6. The number of ether oxygens (including phenoxy) is 3. The fourth-order valence-electron chi connectivity index (χ4n) is 6.66. The fraction of sp³-hybridized carbons (Fsp3) is 0.627. The normalized spacial score (nSPS) is 13.2. The average Bonchev–Trinajstić information content (AvgIpc) is 3.30. The molecule has 0 fully saturated rings. The molecule has 0 rings (SSSR count). The van der Waals surface area contributed by atoms with E-state index in [9.17, 15) is 9.59 Å². The molecule has 0 N–H and O–H groups in total. The molecule has 1 unspecified atom stereocenters. The van der Waals surface area contributed by atoms with Crippen molar-refractivity contribution in [2.45, 2.75) is 219 Å². The minimum atomic E-state index is -0.596. The maximum absolute atomic E-state index is 12.8. The van der Waals surface area contributed by atoms with Crippen LogP contribution in [-0.4, -0.2) is 37.9 Å². The molecular formula is C59H96O5. The number of unbranched alkanes of at least 4 members (excludes halogenated alkanes) is 15. The van der Waals surface area contributed by atoms with E-state index < -0.39 is 6.10 Å². The molecule has 0 aromatic carbocycles. The Kier molecular flexibility index (Phi) is 50.5. The molecule has 5 heteroatoms. The average molecular weight is 885 g/mol. The molecule has 0 aliphatic heterocycles. The summed E-state index contributed by atoms with van der Waals surface area (Å²) in [5, 5.41) is 0. The maximum atomic E-state index is 12.8. The highest BCUT2D eigenvalue weighted by Gasteiger charge is 2.17. The quantitative estimate of drug-likeness (QED) is 0.0346. The van der Waals surface area contributed by atoms with Crippen molar-refractivity contribution in [1.29, 1.82) is 0 Å². The molecule has 0 radical (unpaired) electrons. The van der Waals surface area contributed by atoms with Gasteiger partial charge in [-0.3, -0.25) is 9.59 Å². The standard InChI is InChI=1S/C59H96O5/c1-4-7-10-13-16-19-22-25-27-29-31-33-36-39-42-45-48-51-54-62-55-57(64-59(61)53-50-47-44-41-38-34-24-21-18-15-12-9-6-3)56-63-58(60)52-49-46-43-40-37-35-32-30-28-26-23-20-17-14-11-8-5-2/h7,9-10,12,16-21,25-28,31,33-34,38,44,47,57H,4-6,8,11,13-15,22-24,29-30,32,35-37,39-43,45-46,48-56H2,1-3H3/b10-7-,12-9-,19-16-,20-17-,21-18-,27-25-,28-26-,33-31-,38-34-,47-44-. The molecule has 0 bridgehead atoms. The van der Waals surface area contributed by atoms with Gasteiger partial charge in [0.05, 0.1) is 6.61 Å². The molecule has 362 valence electrons. The largest absolute Gasteiger partial charge is 0.462 e. The van der Waals surface area contributed by atoms with E-state index in [0.717, 1.165) is 103 Å². The lowest BCUT2D eigenvalue weighted by atomic mass is 10.1. The van der Waals surface area contributed by atoms with Crippen molar-refractivity contribution < 1.29 is 23.8 Å². The van der Waals surface area contributed by atoms with Crippen LogP contribution < -0.4 is 0 Å². The molecule has 64 heavy (non-hydrogen) atoms. The number of carbonyl (C=O) groups is 2. The predicted molar refractivity (Wildman–Crippen MR) is 279 cm³/mol. The lowest BCUT2D eigenvalue weighted by Crippen LogP contribution is -2.30. The van der Waals surface area contributed by atoms with E-state index in [-0.39, 0.29) is 31.6 Å². The van der Waals surface area contributed by atoms with Gasteiger partial charge in [-0.2, -0.15) is 0 Å². The summed E-state index contributed by atoms with van der Waals surface area (Å²) in [4.78, 5) is 25.4. The third-order valence-electron chi connectivity index (χ3n) is 10.5. The SMILES string of the molecule is CC/C=C\C/C=C\C/C=C\C/C=C\CCCCCCCOCC(COC(=O)CCCCCCCCC/C=C\C/C=C\CCCCC)OC(=O)CC/C=C\C/C=C\C/C=C\C/C=C\CC. The Bertz CT molecular complexity index is 1320. The van der Waals surface area contributed by atoms with Gasteiger partial charge in [0.15, 0.2) is 6.10 Å². The van der Waals surface area contributed by atoms with E-state index in [2.05, 4.69) is 136 Å². The molecule has 1 atom stereocenters. The highest BCUT2D eigenvalue weighted by Crippen LogP contribution is 2.12. The predicted octanol–water partition coefficient (Wildman–Crippen LogP) is 17.8. The van der Waals surface area contributed by atoms with Crippen LogP contribution in [0.3, 0.4) is 0 Å². The summed E-state index contributed by atoms with van der Waals surface area (Å²) >= 11 is 0. The zero-order valence-corrected chi connectivity index (χ0v) is 41.5. The Hall–Kier alpha value is -3.70. The van der Waals surface area contributed by atoms with E-state index in [1.165, 1.54) is 70.6 Å². The number of esters is 2. The third kappa shape index (κ3) is 50.9. The lowest BCUT2D eigenvalue weighted by molar-refractivity contribution is -0.162. The number of rotatable bonds is 46. The van der Waals surface area contributed by atoms with Crippen LogP contribution in [0.4, 0.5) is 0 Å². The molecule has 0 amide bonds. The molecule has 0 saturated carbocycles. The lowest BCUT2D eigenvalue weighted by Gasteiger charge is -2.18. The molecule has 0 aliphatic rings. The van der Waals surface area contributed by atoms with Crippen molar-refractivity contribution in [3.05, 3.63) is 122 Å². The Morgan fingerprint density at radius 1 is 0.359 bits per heavy atom. The van der Waals surface area contributed by atoms with E-state index in [1.54, 1.807) is 0 Å². The van der Waals surface area contributed by atoms with Crippen molar-refractivity contribution in [2.24, 2.45) is 0 Å². The number of allylic oxidation sites excluding steroid dienone is 20. The summed E-state index contributed by atoms with van der Waals surface area (Å²) in [7, 11) is 0. The zero-order valence-electron chi connectivity index (χ0n) is 41.5. The summed E-state index contributed by atoms with van der Waals surface area (Å²) in [6.45, 7) is 7.43. The van der Waals surface area contributed by atoms with E-state index in [0.29, 0.717) is 19.4 Å². The Balaban J connectivity index is 4.41. The monoisotopic (exact) mass is 885 g/mol. The first kappa shape index (κ1) is 60.3. The molecule has 0 aromatic heterocycles. The molecule has 5 nitrogen and oxygen atoms in total. The minimum absolute atomic E-state index is 0.0372. The maximum Gasteiger partial charge on any atom is 0.306 e. The van der Waals surface area contributed by atoms with Crippen LogP contribution in [0.25, 0.3) is 0 Å². The van der Waals surface area contributed by atoms with Crippen LogP contribution in [-0.2, 0) is 23.8 Å². The van der Waals surface area contributed by atoms with Gasteiger partial charge < -0.3 is 14.2 Å². The zero-order chi connectivity index (χ0) is 46.3. The first-order valence-electron chi connectivity index (χ1n) is 26.1. The number of hydrogen-bond acceptors (Lipinski definition) is 5. The summed E-state index contributed by atoms with van der Waals surface area (Å²) in [6.07, 6.45) is 75.1. The van der Waals surface area contributed by atoms with Crippen molar-refractivity contribution >= 4 is 11.9 Å². The fourth-order valence-corrected chi connectivity index (χ4v) is 6.66. The van der Waals surface area contributed by atoms with Crippen molar-refractivity contribution in [1.82, 2.24) is 0 Å². The van der Waals surface area contributed by atoms with Gasteiger partial charge >= 0.3 is 11.9 Å². The van der Waals surface area contributed by atoms with Crippen molar-refractivity contribution in [3.63, 3.8) is 0 Å². The van der Waals surface area contributed by atoms with E-state index >= 15 is 0 Å². The second kappa shape index (κ2) is 53.6. The van der Waals surface area contributed by atoms with Gasteiger partial charge in [-0.15, -0.1) is 0 Å². The van der Waals surface area contributed by atoms with Gasteiger partial charge in [-0.25, -0.2) is 0 Å².